The highest BCUT2D eigenvalue weighted by Crippen LogP contribution is 2.23. The average molecular weight is 341 g/mol. The van der Waals surface area contributed by atoms with Crippen LogP contribution in [0.2, 0.25) is 0 Å². The van der Waals surface area contributed by atoms with Crippen molar-refractivity contribution in [2.24, 2.45) is 5.92 Å². The van der Waals surface area contributed by atoms with Crippen LogP contribution >= 0.6 is 0 Å². The van der Waals surface area contributed by atoms with Crippen molar-refractivity contribution in [3.63, 3.8) is 0 Å². The van der Waals surface area contributed by atoms with Crippen molar-refractivity contribution < 1.29 is 9.32 Å². The molecule has 7 heteroatoms. The van der Waals surface area contributed by atoms with Gasteiger partial charge in [-0.25, -0.2) is 9.78 Å². The number of pyridine rings is 1. The number of amides is 2. The molecule has 0 spiro atoms. The van der Waals surface area contributed by atoms with Crippen LogP contribution in [0.5, 0.6) is 0 Å². The monoisotopic (exact) mass is 341 g/mol. The van der Waals surface area contributed by atoms with Gasteiger partial charge in [-0.2, -0.15) is 4.98 Å². The first-order chi connectivity index (χ1) is 12.2. The molecule has 0 bridgehead atoms. The molecule has 0 unspecified atom stereocenters. The van der Waals surface area contributed by atoms with Crippen LogP contribution in [-0.2, 0) is 19.3 Å². The summed E-state index contributed by atoms with van der Waals surface area (Å²) in [5, 5.41) is 6.91. The van der Waals surface area contributed by atoms with E-state index in [0.717, 1.165) is 63.1 Å². The summed E-state index contributed by atoms with van der Waals surface area (Å²) in [4.78, 5) is 23.2. The molecule has 1 aliphatic heterocycles. The Balaban J connectivity index is 1.29. The summed E-state index contributed by atoms with van der Waals surface area (Å²) in [6, 6.07) is 3.94. The number of piperidine rings is 1. The first-order valence-electron chi connectivity index (χ1n) is 9.01. The third kappa shape index (κ3) is 3.65. The zero-order valence-corrected chi connectivity index (χ0v) is 14.5. The molecule has 0 radical (unpaired) electrons. The van der Waals surface area contributed by atoms with Crippen LogP contribution in [0.4, 0.5) is 10.6 Å². The van der Waals surface area contributed by atoms with Gasteiger partial charge in [0, 0.05) is 32.1 Å². The van der Waals surface area contributed by atoms with Crippen molar-refractivity contribution in [2.75, 3.05) is 18.4 Å². The largest absolute Gasteiger partial charge is 0.340 e. The van der Waals surface area contributed by atoms with E-state index >= 15 is 0 Å². The molecule has 2 aliphatic rings. The van der Waals surface area contributed by atoms with Gasteiger partial charge in [0.25, 0.3) is 0 Å². The van der Waals surface area contributed by atoms with Gasteiger partial charge in [0.05, 0.1) is 0 Å². The Hall–Kier alpha value is -2.44. The zero-order valence-electron chi connectivity index (χ0n) is 14.5. The second-order valence-corrected chi connectivity index (χ2v) is 6.95. The topological polar surface area (TPSA) is 84.2 Å². The maximum atomic E-state index is 12.5. The average Bonchev–Trinajstić information content (AvgIpc) is 3.24. The quantitative estimate of drug-likeness (QED) is 0.928. The molecule has 1 N–H and O–H groups in total. The summed E-state index contributed by atoms with van der Waals surface area (Å²) in [6.07, 6.45) is 6.01. The van der Waals surface area contributed by atoms with Crippen LogP contribution in [0.25, 0.3) is 0 Å². The molecule has 3 heterocycles. The van der Waals surface area contributed by atoms with Gasteiger partial charge in [-0.1, -0.05) is 11.2 Å². The SMILES string of the molecule is Cc1nc(CC2CCN(C(=O)Nc3ccc4c(n3)CCC4)CC2)no1. The molecular formula is C18H23N5O2. The second kappa shape index (κ2) is 6.82. The Morgan fingerprint density at radius 1 is 1.28 bits per heavy atom. The molecule has 2 aromatic rings. The molecule has 7 nitrogen and oxygen atoms in total. The normalized spacial score (nSPS) is 17.6. The standard InChI is InChI=1S/C18H23N5O2/c1-12-19-17(22-25-12)11-13-7-9-23(10-8-13)18(24)21-16-6-5-14-3-2-4-15(14)20-16/h5-6,13H,2-4,7-11H2,1H3,(H,20,21,24). The van der Waals surface area contributed by atoms with Crippen molar-refractivity contribution in [1.29, 1.82) is 0 Å². The Morgan fingerprint density at radius 3 is 2.88 bits per heavy atom. The first kappa shape index (κ1) is 16.1. The predicted molar refractivity (Wildman–Crippen MR) is 92.3 cm³/mol. The predicted octanol–water partition coefficient (Wildman–Crippen LogP) is 2.75. The smallest absolute Gasteiger partial charge is 0.323 e. The molecule has 4 rings (SSSR count). The minimum Gasteiger partial charge on any atom is -0.340 e. The van der Waals surface area contributed by atoms with Crippen LogP contribution in [0.15, 0.2) is 16.7 Å². The molecule has 0 aromatic carbocycles. The number of carbonyl (C=O) groups is 1. The number of aromatic nitrogens is 3. The van der Waals surface area contributed by atoms with Crippen LogP contribution in [-0.4, -0.2) is 39.1 Å². The van der Waals surface area contributed by atoms with Gasteiger partial charge in [0.1, 0.15) is 5.82 Å². The van der Waals surface area contributed by atoms with Crippen LogP contribution in [0.3, 0.4) is 0 Å². The van der Waals surface area contributed by atoms with Crippen molar-refractivity contribution in [3.8, 4) is 0 Å². The maximum absolute atomic E-state index is 12.5. The molecule has 2 aromatic heterocycles. The molecule has 1 saturated heterocycles. The van der Waals surface area contributed by atoms with Crippen molar-refractivity contribution >= 4 is 11.8 Å². The number of hydrogen-bond donors (Lipinski definition) is 1. The van der Waals surface area contributed by atoms with Gasteiger partial charge in [0.15, 0.2) is 5.82 Å². The summed E-state index contributed by atoms with van der Waals surface area (Å²) in [5.41, 5.74) is 2.45. The minimum atomic E-state index is -0.0562. The number of aryl methyl sites for hydroxylation is 3. The third-order valence-corrected chi connectivity index (χ3v) is 5.11. The van der Waals surface area contributed by atoms with Gasteiger partial charge >= 0.3 is 6.03 Å². The highest BCUT2D eigenvalue weighted by Gasteiger charge is 2.24. The van der Waals surface area contributed by atoms with E-state index in [1.165, 1.54) is 5.56 Å². The molecular weight excluding hydrogens is 318 g/mol. The lowest BCUT2D eigenvalue weighted by Gasteiger charge is -2.31. The number of likely N-dealkylation sites (tertiary alicyclic amines) is 1. The third-order valence-electron chi connectivity index (χ3n) is 5.11. The van der Waals surface area contributed by atoms with Gasteiger partial charge in [0.2, 0.25) is 5.89 Å². The van der Waals surface area contributed by atoms with Gasteiger partial charge in [-0.05, 0) is 49.7 Å². The second-order valence-electron chi connectivity index (χ2n) is 6.95. The lowest BCUT2D eigenvalue weighted by Crippen LogP contribution is -2.41. The van der Waals surface area contributed by atoms with Crippen LogP contribution < -0.4 is 5.32 Å². The maximum Gasteiger partial charge on any atom is 0.323 e. The number of nitrogens with one attached hydrogen (secondary N) is 1. The van der Waals surface area contributed by atoms with E-state index in [1.54, 1.807) is 6.92 Å². The van der Waals surface area contributed by atoms with E-state index in [1.807, 2.05) is 11.0 Å². The number of carbonyl (C=O) groups excluding carboxylic acids is 1. The number of hydrogen-bond acceptors (Lipinski definition) is 5. The fourth-order valence-corrected chi connectivity index (χ4v) is 3.70. The Morgan fingerprint density at radius 2 is 2.12 bits per heavy atom. The van der Waals surface area contributed by atoms with Crippen molar-refractivity contribution in [2.45, 2.75) is 45.4 Å². The van der Waals surface area contributed by atoms with E-state index in [4.69, 9.17) is 4.52 Å². The van der Waals surface area contributed by atoms with E-state index in [-0.39, 0.29) is 6.03 Å². The molecule has 0 saturated carbocycles. The van der Waals surface area contributed by atoms with Crippen LogP contribution in [0, 0.1) is 12.8 Å². The lowest BCUT2D eigenvalue weighted by atomic mass is 9.93. The zero-order chi connectivity index (χ0) is 17.2. The lowest BCUT2D eigenvalue weighted by molar-refractivity contribution is 0.181. The van der Waals surface area contributed by atoms with Crippen LogP contribution in [0.1, 0.15) is 42.2 Å². The summed E-state index contributed by atoms with van der Waals surface area (Å²) in [7, 11) is 0. The number of fused-ring (bicyclic) bond motifs is 1. The van der Waals surface area contributed by atoms with E-state index in [0.29, 0.717) is 17.6 Å². The summed E-state index contributed by atoms with van der Waals surface area (Å²) < 4.78 is 5.02. The molecule has 1 fully saturated rings. The van der Waals surface area contributed by atoms with Crippen molar-refractivity contribution in [3.05, 3.63) is 35.1 Å². The first-order valence-corrected chi connectivity index (χ1v) is 9.01. The Bertz CT molecular complexity index is 765. The van der Waals surface area contributed by atoms with Crippen molar-refractivity contribution in [1.82, 2.24) is 20.0 Å². The molecule has 25 heavy (non-hydrogen) atoms. The summed E-state index contributed by atoms with van der Waals surface area (Å²) in [6.45, 7) is 3.30. The molecule has 132 valence electrons. The minimum absolute atomic E-state index is 0.0562. The Labute approximate surface area is 146 Å². The molecule has 0 atom stereocenters. The van der Waals surface area contributed by atoms with E-state index in [9.17, 15) is 4.79 Å². The van der Waals surface area contributed by atoms with Gasteiger partial charge < -0.3 is 9.42 Å². The van der Waals surface area contributed by atoms with E-state index in [2.05, 4.69) is 26.5 Å². The fourth-order valence-electron chi connectivity index (χ4n) is 3.70. The highest BCUT2D eigenvalue weighted by molar-refractivity contribution is 5.88. The molecule has 2 amide bonds. The number of nitrogens with zero attached hydrogens (tertiary/aromatic N) is 4. The fraction of sp³-hybridized carbons (Fsp3) is 0.556. The molecule has 1 aliphatic carbocycles. The Kier molecular flexibility index (Phi) is 4.38. The number of rotatable bonds is 3. The number of anilines is 1. The number of urea groups is 1. The van der Waals surface area contributed by atoms with E-state index < -0.39 is 0 Å². The highest BCUT2D eigenvalue weighted by atomic mass is 16.5. The summed E-state index contributed by atoms with van der Waals surface area (Å²) >= 11 is 0. The van der Waals surface area contributed by atoms with Gasteiger partial charge in [-0.15, -0.1) is 0 Å². The van der Waals surface area contributed by atoms with Gasteiger partial charge in [-0.3, -0.25) is 5.32 Å². The summed E-state index contributed by atoms with van der Waals surface area (Å²) in [5.74, 6) is 2.53.